The number of quaternary nitrogens is 1. The minimum Gasteiger partial charge on any atom is -0.505 e. The average Bonchev–Trinajstić information content (AvgIpc) is 3.13. The number of hydrogen-bond donors (Lipinski definition) is 4. The first kappa shape index (κ1) is 20.4. The van der Waals surface area contributed by atoms with Crippen LogP contribution in [0.15, 0.2) is 54.3 Å². The molecule has 0 aliphatic carbocycles. The summed E-state index contributed by atoms with van der Waals surface area (Å²) in [5.74, 6) is -0.0848. The fraction of sp³-hybridized carbons (Fsp3) is 0.190. The highest BCUT2D eigenvalue weighted by atomic mass is 35.5. The van der Waals surface area contributed by atoms with E-state index in [0.29, 0.717) is 27.0 Å². The van der Waals surface area contributed by atoms with Crippen molar-refractivity contribution in [2.45, 2.75) is 13.0 Å². The number of likely N-dealkylation sites (N-methyl/N-ethyl adjacent to an activating group) is 1. The Labute approximate surface area is 173 Å². The van der Waals surface area contributed by atoms with Gasteiger partial charge in [-0.25, -0.2) is 4.98 Å². The van der Waals surface area contributed by atoms with Crippen LogP contribution in [0.5, 0.6) is 0 Å². The highest BCUT2D eigenvalue weighted by Crippen LogP contribution is 2.21. The number of fused-ring (bicyclic) bond motifs is 1. The molecule has 0 saturated heterocycles. The number of allylic oxidation sites excluding steroid dienone is 1. The Morgan fingerprint density at radius 3 is 2.69 bits per heavy atom. The predicted octanol–water partition coefficient (Wildman–Crippen LogP) is 2.55. The van der Waals surface area contributed by atoms with Crippen LogP contribution in [0.2, 0.25) is 5.02 Å². The summed E-state index contributed by atoms with van der Waals surface area (Å²) in [6.45, 7) is 1.82. The molecule has 0 bridgehead atoms. The molecule has 1 amide bonds. The Kier molecular flexibility index (Phi) is 6.17. The van der Waals surface area contributed by atoms with Crippen molar-refractivity contribution in [2.75, 3.05) is 18.9 Å². The molecule has 29 heavy (non-hydrogen) atoms. The van der Waals surface area contributed by atoms with Crippen LogP contribution in [0.4, 0.5) is 5.69 Å². The third kappa shape index (κ3) is 4.57. The number of carbonyl (C=O) groups is 1. The van der Waals surface area contributed by atoms with E-state index in [9.17, 15) is 15.2 Å². The number of halogens is 1. The quantitative estimate of drug-likeness (QED) is 0.370. The Bertz CT molecular complexity index is 1080. The molecule has 1 aromatic heterocycles. The summed E-state index contributed by atoms with van der Waals surface area (Å²) in [7, 11) is 1.76. The number of H-pyrrole nitrogens is 1. The Morgan fingerprint density at radius 1 is 1.31 bits per heavy atom. The number of aliphatic hydroxyl groups excluding tert-OH is 1. The second-order valence-electron chi connectivity index (χ2n) is 6.75. The highest BCUT2D eigenvalue weighted by Gasteiger charge is 2.25. The molecular weight excluding hydrogens is 390 g/mol. The summed E-state index contributed by atoms with van der Waals surface area (Å²) in [6, 6.07) is 15.9. The summed E-state index contributed by atoms with van der Waals surface area (Å²) in [5.41, 5.74) is 2.06. The van der Waals surface area contributed by atoms with E-state index < -0.39 is 6.04 Å². The standard InChI is InChI=1S/C21H20ClN5O2/c1-13(27(2)12-19(28)24-16-8-4-3-7-15(16)22)20(29)14(11-23)21-25-17-9-5-6-10-18(17)26-21/h3-10,13,29H,12H2,1-2H3,(H,24,28)(H,25,26)/p+1/b20-14-/t13-/m1/s1. The number of rotatable bonds is 6. The van der Waals surface area contributed by atoms with E-state index in [2.05, 4.69) is 15.3 Å². The van der Waals surface area contributed by atoms with Crippen LogP contribution in [0, 0.1) is 11.3 Å². The Morgan fingerprint density at radius 2 is 2.00 bits per heavy atom. The summed E-state index contributed by atoms with van der Waals surface area (Å²) < 4.78 is 0. The largest absolute Gasteiger partial charge is 0.505 e. The topological polar surface area (TPSA) is 106 Å². The van der Waals surface area contributed by atoms with Crippen LogP contribution in [0.1, 0.15) is 12.7 Å². The molecule has 0 fully saturated rings. The molecule has 3 aromatic rings. The number of anilines is 1. The molecule has 2 atom stereocenters. The fourth-order valence-electron chi connectivity index (χ4n) is 2.92. The van der Waals surface area contributed by atoms with Crippen molar-refractivity contribution < 1.29 is 14.8 Å². The first-order chi connectivity index (χ1) is 13.9. The van der Waals surface area contributed by atoms with Gasteiger partial charge in [-0.15, -0.1) is 0 Å². The van der Waals surface area contributed by atoms with E-state index in [4.69, 9.17) is 11.6 Å². The molecule has 0 spiro atoms. The number of hydrogen-bond acceptors (Lipinski definition) is 4. The van der Waals surface area contributed by atoms with Crippen molar-refractivity contribution in [3.05, 3.63) is 65.1 Å². The van der Waals surface area contributed by atoms with Gasteiger partial charge in [-0.3, -0.25) is 4.79 Å². The minimum absolute atomic E-state index is 0.0551. The number of aromatic amines is 1. The summed E-state index contributed by atoms with van der Waals surface area (Å²) >= 11 is 6.06. The highest BCUT2D eigenvalue weighted by molar-refractivity contribution is 6.33. The zero-order valence-corrected chi connectivity index (χ0v) is 16.8. The number of aliphatic hydroxyl groups is 1. The van der Waals surface area contributed by atoms with Crippen molar-refractivity contribution in [1.29, 1.82) is 5.26 Å². The van der Waals surface area contributed by atoms with E-state index in [1.54, 1.807) is 38.2 Å². The molecule has 0 aliphatic rings. The van der Waals surface area contributed by atoms with Crippen LogP contribution >= 0.6 is 11.6 Å². The normalized spacial score (nSPS) is 14.0. The van der Waals surface area contributed by atoms with Crippen LogP contribution in [0.25, 0.3) is 16.6 Å². The smallest absolute Gasteiger partial charge is 0.279 e. The first-order valence-corrected chi connectivity index (χ1v) is 9.43. The van der Waals surface area contributed by atoms with Crippen LogP contribution < -0.4 is 10.2 Å². The molecular formula is C21H21ClN5O2+. The molecule has 148 valence electrons. The van der Waals surface area contributed by atoms with Gasteiger partial charge in [0.1, 0.15) is 17.7 Å². The molecule has 4 N–H and O–H groups in total. The van der Waals surface area contributed by atoms with Gasteiger partial charge in [-0.1, -0.05) is 35.9 Å². The molecule has 3 rings (SSSR count). The van der Waals surface area contributed by atoms with Crippen LogP contribution in [-0.4, -0.2) is 40.6 Å². The van der Waals surface area contributed by atoms with Gasteiger partial charge in [0.25, 0.3) is 5.91 Å². The van der Waals surface area contributed by atoms with Crippen LogP contribution in [0.3, 0.4) is 0 Å². The van der Waals surface area contributed by atoms with Crippen molar-refractivity contribution in [2.24, 2.45) is 0 Å². The monoisotopic (exact) mass is 410 g/mol. The lowest BCUT2D eigenvalue weighted by Gasteiger charge is -2.21. The molecule has 0 radical (unpaired) electrons. The number of para-hydroxylation sites is 3. The average molecular weight is 411 g/mol. The van der Waals surface area contributed by atoms with Gasteiger partial charge in [-0.2, -0.15) is 5.26 Å². The minimum atomic E-state index is -0.505. The van der Waals surface area contributed by atoms with E-state index in [-0.39, 0.29) is 23.8 Å². The van der Waals surface area contributed by atoms with Gasteiger partial charge in [0.05, 0.1) is 28.8 Å². The maximum Gasteiger partial charge on any atom is 0.279 e. The lowest BCUT2D eigenvalue weighted by molar-refractivity contribution is -0.891. The zero-order chi connectivity index (χ0) is 21.0. The van der Waals surface area contributed by atoms with Gasteiger partial charge >= 0.3 is 0 Å². The Hall–Kier alpha value is -3.34. The van der Waals surface area contributed by atoms with Crippen LogP contribution in [-0.2, 0) is 4.79 Å². The summed E-state index contributed by atoms with van der Waals surface area (Å²) in [4.78, 5) is 20.5. The first-order valence-electron chi connectivity index (χ1n) is 9.05. The fourth-order valence-corrected chi connectivity index (χ4v) is 3.10. The molecule has 8 heteroatoms. The van der Waals surface area contributed by atoms with E-state index >= 15 is 0 Å². The van der Waals surface area contributed by atoms with E-state index in [1.165, 1.54) is 0 Å². The zero-order valence-electron chi connectivity index (χ0n) is 16.0. The van der Waals surface area contributed by atoms with Gasteiger partial charge in [0.2, 0.25) is 0 Å². The van der Waals surface area contributed by atoms with Gasteiger partial charge in [0.15, 0.2) is 18.1 Å². The number of imidazole rings is 1. The van der Waals surface area contributed by atoms with Crippen molar-refractivity contribution in [3.63, 3.8) is 0 Å². The maximum absolute atomic E-state index is 12.4. The van der Waals surface area contributed by atoms with E-state index in [0.717, 1.165) is 5.52 Å². The second-order valence-corrected chi connectivity index (χ2v) is 7.15. The molecule has 2 aromatic carbocycles. The molecule has 0 saturated carbocycles. The lowest BCUT2D eigenvalue weighted by atomic mass is 10.1. The summed E-state index contributed by atoms with van der Waals surface area (Å²) in [6.07, 6.45) is 0. The molecule has 0 aliphatic heterocycles. The number of nitrogens with one attached hydrogen (secondary N) is 3. The lowest BCUT2D eigenvalue weighted by Crippen LogP contribution is -3.13. The van der Waals surface area contributed by atoms with E-state index in [1.807, 2.05) is 30.3 Å². The molecule has 1 heterocycles. The third-order valence-corrected chi connectivity index (χ3v) is 5.06. The summed E-state index contributed by atoms with van der Waals surface area (Å²) in [5, 5.41) is 23.5. The number of nitriles is 1. The number of benzene rings is 2. The number of aromatic nitrogens is 2. The maximum atomic E-state index is 12.4. The number of amides is 1. The van der Waals surface area contributed by atoms with Gasteiger partial charge in [0, 0.05) is 0 Å². The number of nitrogens with zero attached hydrogens (tertiary/aromatic N) is 2. The van der Waals surface area contributed by atoms with Gasteiger partial charge in [-0.05, 0) is 31.2 Å². The van der Waals surface area contributed by atoms with Crippen molar-refractivity contribution in [3.8, 4) is 6.07 Å². The Balaban J connectivity index is 1.76. The third-order valence-electron chi connectivity index (χ3n) is 4.73. The second kappa shape index (κ2) is 8.78. The van der Waals surface area contributed by atoms with Gasteiger partial charge < -0.3 is 20.3 Å². The predicted molar refractivity (Wildman–Crippen MR) is 113 cm³/mol. The van der Waals surface area contributed by atoms with Crippen molar-refractivity contribution >= 4 is 39.8 Å². The molecule has 1 unspecified atom stereocenters. The van der Waals surface area contributed by atoms with Crippen molar-refractivity contribution in [1.82, 2.24) is 9.97 Å². The molecule has 7 nitrogen and oxygen atoms in total. The SMILES string of the molecule is C[C@H](/C(O)=C(\C#N)c1nc2ccccc2[nH]1)[NH+](C)CC(=O)Nc1ccccc1Cl. The number of carbonyl (C=O) groups excluding carboxylic acids is 1.